The summed E-state index contributed by atoms with van der Waals surface area (Å²) in [6.45, 7) is 4.49. The van der Waals surface area contributed by atoms with E-state index in [1.54, 1.807) is 0 Å². The van der Waals surface area contributed by atoms with Crippen molar-refractivity contribution in [3.05, 3.63) is 66.6 Å². The molecule has 2 aliphatic heterocycles. The number of hydrogen-bond acceptors (Lipinski definition) is 5. The molecule has 1 N–H and O–H groups in total. The second kappa shape index (κ2) is 6.89. The van der Waals surface area contributed by atoms with Crippen molar-refractivity contribution in [3.63, 3.8) is 0 Å². The normalized spacial score (nSPS) is 20.5. The van der Waals surface area contributed by atoms with E-state index in [2.05, 4.69) is 64.3 Å². The van der Waals surface area contributed by atoms with Crippen LogP contribution in [0.15, 0.2) is 61.1 Å². The molecule has 0 saturated carbocycles. The molecule has 2 atom stereocenters. The van der Waals surface area contributed by atoms with Crippen molar-refractivity contribution in [3.8, 4) is 22.4 Å². The van der Waals surface area contributed by atoms with Crippen molar-refractivity contribution < 1.29 is 0 Å². The quantitative estimate of drug-likeness (QED) is 0.461. The summed E-state index contributed by atoms with van der Waals surface area (Å²) in [5, 5.41) is 13.1. The van der Waals surface area contributed by atoms with E-state index in [9.17, 15) is 0 Å². The number of nitrogens with zero attached hydrogens (tertiary/aromatic N) is 6. The monoisotopic (exact) mass is 435 g/mol. The fraction of sp³-hybridized carbons (Fsp3) is 0.269. The van der Waals surface area contributed by atoms with Gasteiger partial charge in [0.05, 0.1) is 23.6 Å². The standard InChI is InChI=1S/C26H25N7/c1-16-10-17(32-15-18-11-19(32)14-31(18)2)6-7-20(16)25-8-9-27-26-23(13-29-33(25)26)21-4-3-5-24-22(21)12-28-30-24/h3-10,12-13,18-19H,11,14-15H2,1-2H3,(H,28,30)/t18-,19-/m0/s1. The number of aromatic amines is 1. The van der Waals surface area contributed by atoms with Crippen LogP contribution in [-0.4, -0.2) is 61.9 Å². The molecular weight excluding hydrogens is 410 g/mol. The number of piperazine rings is 1. The number of likely N-dealkylation sites (N-methyl/N-ethyl adjacent to an activating group) is 1. The highest BCUT2D eigenvalue weighted by atomic mass is 15.3. The molecule has 2 fully saturated rings. The van der Waals surface area contributed by atoms with Crippen LogP contribution < -0.4 is 4.90 Å². The number of nitrogens with one attached hydrogen (secondary N) is 1. The lowest BCUT2D eigenvalue weighted by Gasteiger charge is -2.34. The van der Waals surface area contributed by atoms with Gasteiger partial charge in [0.2, 0.25) is 0 Å². The second-order valence-electron chi connectivity index (χ2n) is 9.40. The Kier molecular flexibility index (Phi) is 3.93. The highest BCUT2D eigenvalue weighted by Gasteiger charge is 2.41. The minimum Gasteiger partial charge on any atom is -0.366 e. The predicted octanol–water partition coefficient (Wildman–Crippen LogP) is 4.14. The van der Waals surface area contributed by atoms with E-state index in [4.69, 9.17) is 10.1 Å². The van der Waals surface area contributed by atoms with Gasteiger partial charge in [0.25, 0.3) is 0 Å². The van der Waals surface area contributed by atoms with Crippen LogP contribution in [0.2, 0.25) is 0 Å². The molecule has 2 aliphatic rings. The van der Waals surface area contributed by atoms with E-state index in [1.807, 2.05) is 35.2 Å². The zero-order chi connectivity index (χ0) is 22.1. The molecule has 33 heavy (non-hydrogen) atoms. The Labute approximate surface area is 191 Å². The van der Waals surface area contributed by atoms with Crippen LogP contribution in [0.1, 0.15) is 12.0 Å². The van der Waals surface area contributed by atoms with Gasteiger partial charge in [-0.1, -0.05) is 18.2 Å². The first-order chi connectivity index (χ1) is 16.2. The number of H-pyrrole nitrogens is 1. The molecule has 0 radical (unpaired) electrons. The van der Waals surface area contributed by atoms with Crippen molar-refractivity contribution in [1.82, 2.24) is 29.7 Å². The third kappa shape index (κ3) is 2.75. The van der Waals surface area contributed by atoms with Gasteiger partial charge in [-0.2, -0.15) is 10.2 Å². The Morgan fingerprint density at radius 2 is 1.91 bits per heavy atom. The first-order valence-corrected chi connectivity index (χ1v) is 11.5. The Bertz CT molecular complexity index is 1510. The van der Waals surface area contributed by atoms with Gasteiger partial charge in [0.15, 0.2) is 5.65 Å². The summed E-state index contributed by atoms with van der Waals surface area (Å²) in [4.78, 5) is 9.78. The largest absolute Gasteiger partial charge is 0.366 e. The van der Waals surface area contributed by atoms with Crippen molar-refractivity contribution in [1.29, 1.82) is 0 Å². The van der Waals surface area contributed by atoms with Crippen LogP contribution in [0.25, 0.3) is 38.9 Å². The molecule has 0 amide bonds. The fourth-order valence-corrected chi connectivity index (χ4v) is 5.78. The van der Waals surface area contributed by atoms with Crippen molar-refractivity contribution in [2.24, 2.45) is 0 Å². The number of aryl methyl sites for hydroxylation is 1. The first kappa shape index (κ1) is 18.8. The molecule has 2 saturated heterocycles. The number of fused-ring (bicyclic) bond motifs is 4. The summed E-state index contributed by atoms with van der Waals surface area (Å²) in [7, 11) is 2.25. The van der Waals surface area contributed by atoms with Gasteiger partial charge in [-0.15, -0.1) is 0 Å². The minimum atomic E-state index is 0.636. The SMILES string of the molecule is Cc1cc(N2C[C@@H]3C[C@H]2CN3C)ccc1-c1ccnc2c(-c3cccc4[nH]ncc34)cnn12. The molecule has 0 aliphatic carbocycles. The van der Waals surface area contributed by atoms with Crippen LogP contribution in [0.4, 0.5) is 5.69 Å². The molecular formula is C26H25N7. The maximum Gasteiger partial charge on any atom is 0.163 e. The van der Waals surface area contributed by atoms with Gasteiger partial charge < -0.3 is 4.90 Å². The number of likely N-dealkylation sites (tertiary alicyclic amines) is 1. The summed E-state index contributed by atoms with van der Waals surface area (Å²) in [5.74, 6) is 0. The van der Waals surface area contributed by atoms with Crippen LogP contribution in [0, 0.1) is 6.92 Å². The second-order valence-corrected chi connectivity index (χ2v) is 9.40. The zero-order valence-electron chi connectivity index (χ0n) is 18.7. The summed E-state index contributed by atoms with van der Waals surface area (Å²) < 4.78 is 1.96. The van der Waals surface area contributed by atoms with Gasteiger partial charge in [-0.3, -0.25) is 10.00 Å². The minimum absolute atomic E-state index is 0.636. The molecule has 2 aromatic carbocycles. The zero-order valence-corrected chi connectivity index (χ0v) is 18.7. The highest BCUT2D eigenvalue weighted by molar-refractivity contribution is 5.97. The lowest BCUT2D eigenvalue weighted by molar-refractivity contribution is 0.292. The Balaban J connectivity index is 1.30. The lowest BCUT2D eigenvalue weighted by atomic mass is 10.0. The molecule has 0 unspecified atom stereocenters. The van der Waals surface area contributed by atoms with Crippen LogP contribution >= 0.6 is 0 Å². The number of anilines is 1. The van der Waals surface area contributed by atoms with Crippen LogP contribution in [-0.2, 0) is 0 Å². The lowest BCUT2D eigenvalue weighted by Crippen LogP contribution is -2.44. The predicted molar refractivity (Wildman–Crippen MR) is 130 cm³/mol. The van der Waals surface area contributed by atoms with E-state index in [1.165, 1.54) is 23.2 Å². The van der Waals surface area contributed by atoms with Crippen LogP contribution in [0.5, 0.6) is 0 Å². The van der Waals surface area contributed by atoms with Gasteiger partial charge >= 0.3 is 0 Å². The average molecular weight is 436 g/mol. The van der Waals surface area contributed by atoms with Crippen LogP contribution in [0.3, 0.4) is 0 Å². The maximum atomic E-state index is 4.75. The van der Waals surface area contributed by atoms with E-state index >= 15 is 0 Å². The summed E-state index contributed by atoms with van der Waals surface area (Å²) in [6, 6.07) is 16.4. The number of benzene rings is 2. The van der Waals surface area contributed by atoms with E-state index in [-0.39, 0.29) is 0 Å². The average Bonchev–Trinajstić information content (AvgIpc) is 3.61. The van der Waals surface area contributed by atoms with Gasteiger partial charge in [0.1, 0.15) is 0 Å². The number of rotatable bonds is 3. The Morgan fingerprint density at radius 3 is 2.73 bits per heavy atom. The molecule has 3 aromatic heterocycles. The molecule has 7 heteroatoms. The smallest absolute Gasteiger partial charge is 0.163 e. The van der Waals surface area contributed by atoms with Gasteiger partial charge in [-0.05, 0) is 55.8 Å². The summed E-state index contributed by atoms with van der Waals surface area (Å²) in [6.07, 6.45) is 6.94. The van der Waals surface area contributed by atoms with Crippen molar-refractivity contribution >= 4 is 22.2 Å². The fourth-order valence-electron chi connectivity index (χ4n) is 5.78. The Hall–Kier alpha value is -3.71. The topological polar surface area (TPSA) is 65.3 Å². The van der Waals surface area contributed by atoms with Crippen molar-refractivity contribution in [2.45, 2.75) is 25.4 Å². The molecule has 2 bridgehead atoms. The molecule has 7 rings (SSSR count). The van der Waals surface area contributed by atoms with E-state index in [0.717, 1.165) is 46.5 Å². The number of aromatic nitrogens is 5. The van der Waals surface area contributed by atoms with Gasteiger partial charge in [0, 0.05) is 53.6 Å². The first-order valence-electron chi connectivity index (χ1n) is 11.5. The maximum absolute atomic E-state index is 4.75. The highest BCUT2D eigenvalue weighted by Crippen LogP contribution is 2.36. The summed E-state index contributed by atoms with van der Waals surface area (Å²) >= 11 is 0. The third-order valence-electron chi connectivity index (χ3n) is 7.51. The van der Waals surface area contributed by atoms with Gasteiger partial charge in [-0.25, -0.2) is 9.50 Å². The molecule has 164 valence electrons. The molecule has 7 nitrogen and oxygen atoms in total. The third-order valence-corrected chi connectivity index (χ3v) is 7.51. The van der Waals surface area contributed by atoms with E-state index < -0.39 is 0 Å². The van der Waals surface area contributed by atoms with E-state index in [0.29, 0.717) is 12.1 Å². The van der Waals surface area contributed by atoms with Crippen molar-refractivity contribution in [2.75, 3.05) is 25.0 Å². The molecule has 5 heterocycles. The molecule has 0 spiro atoms. The summed E-state index contributed by atoms with van der Waals surface area (Å²) in [5.41, 5.74) is 8.78. The Morgan fingerprint density at radius 1 is 0.970 bits per heavy atom. The number of hydrogen-bond donors (Lipinski definition) is 1. The molecule has 5 aromatic rings.